The van der Waals surface area contributed by atoms with Gasteiger partial charge in [-0.05, 0) is 33.2 Å². The molecule has 0 aliphatic heterocycles. The van der Waals surface area contributed by atoms with Crippen LogP contribution in [0.4, 0.5) is 8.78 Å². The van der Waals surface area contributed by atoms with Gasteiger partial charge in [-0.3, -0.25) is 0 Å². The minimum atomic E-state index is -3.51. The molecule has 1 saturated carbocycles. The summed E-state index contributed by atoms with van der Waals surface area (Å²) in [5, 5.41) is 16.8. The molecule has 0 bridgehead atoms. The zero-order chi connectivity index (χ0) is 20.6. The van der Waals surface area contributed by atoms with Gasteiger partial charge in [0.15, 0.2) is 15.7 Å². The van der Waals surface area contributed by atoms with Crippen LogP contribution in [-0.4, -0.2) is 47.3 Å². The van der Waals surface area contributed by atoms with Gasteiger partial charge in [0.05, 0.1) is 4.90 Å². The van der Waals surface area contributed by atoms with Crippen molar-refractivity contribution in [2.24, 2.45) is 0 Å². The first-order chi connectivity index (χ1) is 13.7. The zero-order valence-corrected chi connectivity index (χ0v) is 16.4. The van der Waals surface area contributed by atoms with Crippen LogP contribution in [0.15, 0.2) is 47.4 Å². The molecule has 0 radical (unpaired) electrons. The molecule has 2 aromatic carbocycles. The number of H-pyrrole nitrogens is 1. The molecule has 0 unspecified atom stereocenters. The maximum atomic E-state index is 12.9. The van der Waals surface area contributed by atoms with Gasteiger partial charge in [0.1, 0.15) is 0 Å². The molecule has 1 heterocycles. The molecule has 7 nitrogen and oxygen atoms in total. The first-order valence-corrected chi connectivity index (χ1v) is 10.9. The molecule has 2 N–H and O–H groups in total. The van der Waals surface area contributed by atoms with Crippen LogP contribution < -0.4 is 5.32 Å². The number of nitrogens with zero attached hydrogens (tertiary/aromatic N) is 3. The summed E-state index contributed by atoms with van der Waals surface area (Å²) in [5.74, 6) is -2.28. The van der Waals surface area contributed by atoms with E-state index in [4.69, 9.17) is 0 Å². The lowest BCUT2D eigenvalue weighted by molar-refractivity contribution is -0.0930. The Bertz CT molecular complexity index is 1110. The molecule has 3 aromatic rings. The molecule has 4 rings (SSSR count). The van der Waals surface area contributed by atoms with Gasteiger partial charge in [0.2, 0.25) is 0 Å². The number of halogens is 2. The monoisotopic (exact) mass is 419 g/mol. The Hall–Kier alpha value is -2.72. The van der Waals surface area contributed by atoms with Gasteiger partial charge in [-0.25, -0.2) is 22.3 Å². The standard InChI is InChI=1S/C19H19F2N5O2S/c1-29(27,28)16-4-2-3-15(17(16)18-23-25-26-24-18)13-7-5-12(6-8-13)11-22-14-9-19(20,21)10-14/h2-8,14,22H,9-11H2,1H3,(H,23,24,25,26). The molecule has 1 aliphatic carbocycles. The summed E-state index contributed by atoms with van der Waals surface area (Å²) >= 11 is 0. The molecule has 29 heavy (non-hydrogen) atoms. The van der Waals surface area contributed by atoms with Gasteiger partial charge in [0, 0.05) is 37.2 Å². The fourth-order valence-electron chi connectivity index (χ4n) is 3.46. The lowest BCUT2D eigenvalue weighted by Crippen LogP contribution is -2.48. The minimum Gasteiger partial charge on any atom is -0.309 e. The number of alkyl halides is 2. The quantitative estimate of drug-likeness (QED) is 0.637. The molecule has 0 amide bonds. The highest BCUT2D eigenvalue weighted by Gasteiger charge is 2.44. The van der Waals surface area contributed by atoms with Crippen LogP contribution in [0, 0.1) is 0 Å². The van der Waals surface area contributed by atoms with Crippen LogP contribution >= 0.6 is 0 Å². The highest BCUT2D eigenvalue weighted by Crippen LogP contribution is 2.38. The van der Waals surface area contributed by atoms with Crippen LogP contribution in [-0.2, 0) is 16.4 Å². The van der Waals surface area contributed by atoms with Gasteiger partial charge in [-0.2, -0.15) is 0 Å². The Morgan fingerprint density at radius 2 is 1.90 bits per heavy atom. The third-order valence-electron chi connectivity index (χ3n) is 4.96. The van der Waals surface area contributed by atoms with Crippen molar-refractivity contribution in [2.45, 2.75) is 36.2 Å². The summed E-state index contributed by atoms with van der Waals surface area (Å²) in [6.07, 6.45) is 0.883. The Morgan fingerprint density at radius 3 is 2.48 bits per heavy atom. The van der Waals surface area contributed by atoms with E-state index in [1.165, 1.54) is 6.07 Å². The molecule has 1 fully saturated rings. The summed E-state index contributed by atoms with van der Waals surface area (Å²) in [6.45, 7) is 0.489. The normalized spacial score (nSPS) is 16.5. The van der Waals surface area contributed by atoms with E-state index in [9.17, 15) is 17.2 Å². The van der Waals surface area contributed by atoms with Crippen molar-refractivity contribution < 1.29 is 17.2 Å². The van der Waals surface area contributed by atoms with E-state index < -0.39 is 15.8 Å². The predicted molar refractivity (Wildman–Crippen MR) is 103 cm³/mol. The van der Waals surface area contributed by atoms with Crippen LogP contribution in [0.1, 0.15) is 18.4 Å². The molecular weight excluding hydrogens is 400 g/mol. The molecule has 1 aromatic heterocycles. The van der Waals surface area contributed by atoms with Crippen molar-refractivity contribution >= 4 is 9.84 Å². The van der Waals surface area contributed by atoms with E-state index in [1.807, 2.05) is 24.3 Å². The second-order valence-corrected chi connectivity index (χ2v) is 9.22. The van der Waals surface area contributed by atoms with E-state index in [0.717, 1.165) is 17.4 Å². The maximum Gasteiger partial charge on any atom is 0.251 e. The molecule has 0 saturated heterocycles. The Morgan fingerprint density at radius 1 is 1.17 bits per heavy atom. The van der Waals surface area contributed by atoms with E-state index >= 15 is 0 Å². The number of benzene rings is 2. The van der Waals surface area contributed by atoms with Gasteiger partial charge < -0.3 is 5.32 Å². The Balaban J connectivity index is 1.62. The number of rotatable bonds is 6. The molecule has 10 heteroatoms. The third kappa shape index (κ3) is 4.18. The van der Waals surface area contributed by atoms with Crippen molar-refractivity contribution in [3.63, 3.8) is 0 Å². The average molecular weight is 419 g/mol. The molecule has 152 valence electrons. The number of nitrogens with one attached hydrogen (secondary N) is 2. The lowest BCUT2D eigenvalue weighted by atomic mass is 9.88. The number of aromatic nitrogens is 4. The second kappa shape index (κ2) is 7.27. The summed E-state index contributed by atoms with van der Waals surface area (Å²) < 4.78 is 50.4. The smallest absolute Gasteiger partial charge is 0.251 e. The zero-order valence-electron chi connectivity index (χ0n) is 15.6. The van der Waals surface area contributed by atoms with Gasteiger partial charge in [-0.15, -0.1) is 5.10 Å². The van der Waals surface area contributed by atoms with Crippen LogP contribution in [0.3, 0.4) is 0 Å². The molecule has 0 atom stereocenters. The van der Waals surface area contributed by atoms with E-state index in [-0.39, 0.29) is 29.6 Å². The number of sulfone groups is 1. The third-order valence-corrected chi connectivity index (χ3v) is 6.10. The first kappa shape index (κ1) is 19.6. The first-order valence-electron chi connectivity index (χ1n) is 9.01. The highest BCUT2D eigenvalue weighted by molar-refractivity contribution is 7.90. The van der Waals surface area contributed by atoms with Crippen molar-refractivity contribution in [3.05, 3.63) is 48.0 Å². The molecule has 1 aliphatic rings. The molecule has 0 spiro atoms. The number of hydrogen-bond acceptors (Lipinski definition) is 6. The van der Waals surface area contributed by atoms with Crippen LogP contribution in [0.2, 0.25) is 0 Å². The largest absolute Gasteiger partial charge is 0.309 e. The minimum absolute atomic E-state index is 0.127. The van der Waals surface area contributed by atoms with Gasteiger partial charge in [-0.1, -0.05) is 36.4 Å². The van der Waals surface area contributed by atoms with Crippen molar-refractivity contribution in [2.75, 3.05) is 6.26 Å². The van der Waals surface area contributed by atoms with E-state index in [0.29, 0.717) is 17.7 Å². The lowest BCUT2D eigenvalue weighted by Gasteiger charge is -2.35. The van der Waals surface area contributed by atoms with Gasteiger partial charge >= 0.3 is 0 Å². The fourth-order valence-corrected chi connectivity index (χ4v) is 4.36. The average Bonchev–Trinajstić information content (AvgIpc) is 3.18. The molecular formula is C19H19F2N5O2S. The Labute approximate surface area is 166 Å². The summed E-state index contributed by atoms with van der Waals surface area (Å²) in [4.78, 5) is 0.130. The van der Waals surface area contributed by atoms with Gasteiger partial charge in [0.25, 0.3) is 5.92 Å². The van der Waals surface area contributed by atoms with E-state index in [1.54, 1.807) is 12.1 Å². The number of hydrogen-bond donors (Lipinski definition) is 2. The maximum absolute atomic E-state index is 12.9. The Kier molecular flexibility index (Phi) is 4.91. The number of aromatic amines is 1. The summed E-state index contributed by atoms with van der Waals surface area (Å²) in [7, 11) is -3.51. The second-order valence-electron chi connectivity index (χ2n) is 7.24. The topological polar surface area (TPSA) is 101 Å². The predicted octanol–water partition coefficient (Wildman–Crippen LogP) is 2.82. The highest BCUT2D eigenvalue weighted by atomic mass is 32.2. The van der Waals surface area contributed by atoms with Crippen molar-refractivity contribution in [3.8, 4) is 22.5 Å². The summed E-state index contributed by atoms with van der Waals surface area (Å²) in [6, 6.07) is 12.3. The number of tetrazole rings is 1. The summed E-state index contributed by atoms with van der Waals surface area (Å²) in [5.41, 5.74) is 2.82. The van der Waals surface area contributed by atoms with Crippen molar-refractivity contribution in [1.82, 2.24) is 25.9 Å². The van der Waals surface area contributed by atoms with Crippen LogP contribution in [0.25, 0.3) is 22.5 Å². The SMILES string of the molecule is CS(=O)(=O)c1cccc(-c2ccc(CNC3CC(F)(F)C3)cc2)c1-c1nnn[nH]1. The van der Waals surface area contributed by atoms with E-state index in [2.05, 4.69) is 25.9 Å². The fraction of sp³-hybridized carbons (Fsp3) is 0.316. The van der Waals surface area contributed by atoms with Crippen LogP contribution in [0.5, 0.6) is 0 Å². The van der Waals surface area contributed by atoms with Crippen molar-refractivity contribution in [1.29, 1.82) is 0 Å².